The molecule has 0 saturated carbocycles. The highest BCUT2D eigenvalue weighted by Gasteiger charge is 2.33. The van der Waals surface area contributed by atoms with Crippen LogP contribution in [0.2, 0.25) is 0 Å². The van der Waals surface area contributed by atoms with Gasteiger partial charge in [-0.15, -0.1) is 0 Å². The van der Waals surface area contributed by atoms with E-state index in [0.717, 1.165) is 29.2 Å². The van der Waals surface area contributed by atoms with Gasteiger partial charge < -0.3 is 0 Å². The highest BCUT2D eigenvalue weighted by atomic mass is 19.4. The van der Waals surface area contributed by atoms with Gasteiger partial charge in [0.1, 0.15) is 0 Å². The minimum Gasteiger partial charge on any atom is -0.166 e. The number of aryl methyl sites for hydroxylation is 1. The lowest BCUT2D eigenvalue weighted by molar-refractivity contribution is -0.138. The molecule has 142 valence electrons. The van der Waals surface area contributed by atoms with Crippen molar-refractivity contribution in [3.8, 4) is 0 Å². The zero-order valence-electron chi connectivity index (χ0n) is 15.8. The normalized spacial score (nSPS) is 13.7. The number of alkyl halides is 3. The maximum absolute atomic E-state index is 13.4. The monoisotopic (exact) mass is 370 g/mol. The topological polar surface area (TPSA) is 0 Å². The second kappa shape index (κ2) is 9.40. The maximum Gasteiger partial charge on any atom is 0.416 e. The molecule has 0 nitrogen and oxygen atoms in total. The predicted octanol–water partition coefficient (Wildman–Crippen LogP) is 7.28. The molecule has 0 aliphatic rings. The zero-order valence-corrected chi connectivity index (χ0v) is 15.8. The molecule has 1 unspecified atom stereocenters. The van der Waals surface area contributed by atoms with Crippen LogP contribution in [0.4, 0.5) is 13.2 Å². The Kier molecular flexibility index (Phi) is 7.23. The fraction of sp³-hybridized carbons (Fsp3) is 0.250. The van der Waals surface area contributed by atoms with Crippen molar-refractivity contribution in [2.24, 2.45) is 0 Å². The lowest BCUT2D eigenvalue weighted by Crippen LogP contribution is -2.12. The minimum atomic E-state index is -4.35. The van der Waals surface area contributed by atoms with Crippen molar-refractivity contribution in [3.63, 3.8) is 0 Å². The van der Waals surface area contributed by atoms with Gasteiger partial charge >= 0.3 is 6.18 Å². The average Bonchev–Trinajstić information content (AvgIpc) is 2.65. The molecule has 0 heterocycles. The van der Waals surface area contributed by atoms with Gasteiger partial charge in [0.2, 0.25) is 0 Å². The van der Waals surface area contributed by atoms with Crippen LogP contribution < -0.4 is 0 Å². The van der Waals surface area contributed by atoms with Crippen molar-refractivity contribution >= 4 is 0 Å². The molecule has 0 bridgehead atoms. The van der Waals surface area contributed by atoms with E-state index in [1.165, 1.54) is 6.07 Å². The van der Waals surface area contributed by atoms with E-state index in [2.05, 4.69) is 13.5 Å². The summed E-state index contributed by atoms with van der Waals surface area (Å²) in [6.07, 6.45) is 4.26. The maximum atomic E-state index is 13.4. The Hall–Kier alpha value is -2.55. The Labute approximate surface area is 159 Å². The Morgan fingerprint density at radius 3 is 2.30 bits per heavy atom. The van der Waals surface area contributed by atoms with Crippen molar-refractivity contribution in [1.82, 2.24) is 0 Å². The van der Waals surface area contributed by atoms with E-state index >= 15 is 0 Å². The first-order valence-corrected chi connectivity index (χ1v) is 9.07. The number of allylic oxidation sites excluding steroid dienone is 5. The van der Waals surface area contributed by atoms with E-state index in [4.69, 9.17) is 0 Å². The van der Waals surface area contributed by atoms with E-state index < -0.39 is 11.7 Å². The molecule has 0 aliphatic carbocycles. The number of hydrogen-bond donors (Lipinski definition) is 0. The second-order valence-corrected chi connectivity index (χ2v) is 6.52. The van der Waals surface area contributed by atoms with Gasteiger partial charge in [0.05, 0.1) is 5.56 Å². The highest BCUT2D eigenvalue weighted by Crippen LogP contribution is 2.35. The van der Waals surface area contributed by atoms with Crippen LogP contribution in [0.5, 0.6) is 0 Å². The number of rotatable bonds is 7. The lowest BCUT2D eigenvalue weighted by atomic mass is 9.85. The summed E-state index contributed by atoms with van der Waals surface area (Å²) in [5.74, 6) is -0.140. The third-order valence-corrected chi connectivity index (χ3v) is 4.56. The second-order valence-electron chi connectivity index (χ2n) is 6.52. The van der Waals surface area contributed by atoms with Crippen molar-refractivity contribution in [1.29, 1.82) is 0 Å². The van der Waals surface area contributed by atoms with Gasteiger partial charge in [0.15, 0.2) is 0 Å². The summed E-state index contributed by atoms with van der Waals surface area (Å²) >= 11 is 0. The van der Waals surface area contributed by atoms with Crippen molar-refractivity contribution in [3.05, 3.63) is 107 Å². The van der Waals surface area contributed by atoms with Gasteiger partial charge in [0.25, 0.3) is 0 Å². The van der Waals surface area contributed by atoms with Gasteiger partial charge in [-0.3, -0.25) is 0 Å². The van der Waals surface area contributed by atoms with Crippen LogP contribution in [-0.2, 0) is 19.0 Å². The van der Waals surface area contributed by atoms with Gasteiger partial charge in [-0.2, -0.15) is 13.2 Å². The molecule has 2 rings (SSSR count). The zero-order chi connectivity index (χ0) is 19.9. The molecule has 0 fully saturated rings. The molecule has 0 saturated heterocycles. The van der Waals surface area contributed by atoms with Crippen LogP contribution in [-0.4, -0.2) is 0 Å². The summed E-state index contributed by atoms with van der Waals surface area (Å²) in [6.45, 7) is 7.68. The fourth-order valence-electron chi connectivity index (χ4n) is 3.28. The summed E-state index contributed by atoms with van der Waals surface area (Å²) in [6, 6.07) is 13.8. The van der Waals surface area contributed by atoms with Gasteiger partial charge in [-0.1, -0.05) is 85.8 Å². The summed E-state index contributed by atoms with van der Waals surface area (Å²) in [5, 5.41) is 0. The molecule has 0 amide bonds. The molecule has 2 aromatic carbocycles. The molecule has 1 atom stereocenters. The Balaban J connectivity index is 2.52. The molecule has 0 radical (unpaired) electrons. The predicted molar refractivity (Wildman–Crippen MR) is 107 cm³/mol. The first-order valence-electron chi connectivity index (χ1n) is 9.07. The molecule has 0 spiro atoms. The van der Waals surface area contributed by atoms with E-state index in [1.54, 1.807) is 18.2 Å². The van der Waals surface area contributed by atoms with Gasteiger partial charge in [-0.25, -0.2) is 0 Å². The Morgan fingerprint density at radius 1 is 1.04 bits per heavy atom. The molecule has 0 aliphatic heterocycles. The summed E-state index contributed by atoms with van der Waals surface area (Å²) < 4.78 is 40.3. The third-order valence-electron chi connectivity index (χ3n) is 4.56. The van der Waals surface area contributed by atoms with E-state index in [1.807, 2.05) is 49.4 Å². The van der Waals surface area contributed by atoms with Crippen LogP contribution >= 0.6 is 0 Å². The van der Waals surface area contributed by atoms with E-state index in [-0.39, 0.29) is 5.92 Å². The summed E-state index contributed by atoms with van der Waals surface area (Å²) in [5.41, 5.74) is 2.98. The molecular formula is C24H25F3. The standard InChI is InChI=1S/C24H25F3/c1-4-6-11-18(3)16-21(22-14-9-7-12-19(22)5-2)17-20-13-8-10-15-23(20)24(25,26)27/h4,6-16,21H,1,5,17H2,2-3H3/b11-6-,18-16+. The largest absolute Gasteiger partial charge is 0.416 e. The fourth-order valence-corrected chi connectivity index (χ4v) is 3.28. The lowest BCUT2D eigenvalue weighted by Gasteiger charge is -2.20. The van der Waals surface area contributed by atoms with E-state index in [0.29, 0.717) is 12.0 Å². The van der Waals surface area contributed by atoms with Crippen molar-refractivity contribution < 1.29 is 13.2 Å². The van der Waals surface area contributed by atoms with Crippen LogP contribution in [0, 0.1) is 0 Å². The first kappa shape index (κ1) is 20.8. The Bertz CT molecular complexity index is 826. The van der Waals surface area contributed by atoms with Crippen LogP contribution in [0.1, 0.15) is 42.0 Å². The number of halogens is 3. The van der Waals surface area contributed by atoms with Crippen LogP contribution in [0.3, 0.4) is 0 Å². The van der Waals surface area contributed by atoms with Crippen LogP contribution in [0.25, 0.3) is 0 Å². The van der Waals surface area contributed by atoms with Gasteiger partial charge in [0, 0.05) is 5.92 Å². The smallest absolute Gasteiger partial charge is 0.166 e. The molecule has 3 heteroatoms. The van der Waals surface area contributed by atoms with Crippen molar-refractivity contribution in [2.75, 3.05) is 0 Å². The highest BCUT2D eigenvalue weighted by molar-refractivity contribution is 5.39. The van der Waals surface area contributed by atoms with Crippen molar-refractivity contribution in [2.45, 2.75) is 38.8 Å². The Morgan fingerprint density at radius 2 is 1.67 bits per heavy atom. The van der Waals surface area contributed by atoms with E-state index in [9.17, 15) is 13.2 Å². The third kappa shape index (κ3) is 5.72. The minimum absolute atomic E-state index is 0.140. The average molecular weight is 370 g/mol. The molecule has 0 N–H and O–H groups in total. The molecule has 2 aromatic rings. The number of benzene rings is 2. The summed E-state index contributed by atoms with van der Waals surface area (Å²) in [4.78, 5) is 0. The first-order chi connectivity index (χ1) is 12.9. The van der Waals surface area contributed by atoms with Gasteiger partial charge in [-0.05, 0) is 42.5 Å². The summed E-state index contributed by atoms with van der Waals surface area (Å²) in [7, 11) is 0. The number of hydrogen-bond acceptors (Lipinski definition) is 0. The molecule has 27 heavy (non-hydrogen) atoms. The molecular weight excluding hydrogens is 345 g/mol. The van der Waals surface area contributed by atoms with Crippen LogP contribution in [0.15, 0.2) is 85.0 Å². The quantitative estimate of drug-likeness (QED) is 0.449. The SMILES string of the molecule is C=C/C=C\C(C)=C\C(Cc1ccccc1C(F)(F)F)c1ccccc1CC. The molecule has 0 aromatic heterocycles.